The van der Waals surface area contributed by atoms with E-state index < -0.39 is 16.6 Å². The molecule has 0 saturated carbocycles. The Morgan fingerprint density at radius 2 is 1.90 bits per heavy atom. The Bertz CT molecular complexity index is 644. The van der Waals surface area contributed by atoms with Crippen LogP contribution in [0.5, 0.6) is 0 Å². The maximum atomic E-state index is 13.4. The number of hydrogen-bond acceptors (Lipinski definition) is 5. The monoisotopic (exact) mass is 280 g/mol. The molecule has 104 valence electrons. The summed E-state index contributed by atoms with van der Waals surface area (Å²) in [5.74, 6) is -1.45. The average molecular weight is 280 g/mol. The number of pyridine rings is 1. The van der Waals surface area contributed by atoms with Crippen LogP contribution in [0.2, 0.25) is 0 Å². The van der Waals surface area contributed by atoms with Crippen LogP contribution in [0, 0.1) is 21.7 Å². The van der Waals surface area contributed by atoms with Gasteiger partial charge in [-0.05, 0) is 18.2 Å². The van der Waals surface area contributed by atoms with Crippen LogP contribution >= 0.6 is 0 Å². The van der Waals surface area contributed by atoms with Gasteiger partial charge in [-0.2, -0.15) is 0 Å². The van der Waals surface area contributed by atoms with Crippen molar-refractivity contribution < 1.29 is 13.7 Å². The molecular formula is C12H10F2N4O2. The molecule has 2 rings (SSSR count). The number of rotatable bonds is 4. The summed E-state index contributed by atoms with van der Waals surface area (Å²) in [5.41, 5.74) is 4.94. The molecule has 20 heavy (non-hydrogen) atoms. The quantitative estimate of drug-likeness (QED) is 0.662. The second-order valence-corrected chi connectivity index (χ2v) is 3.91. The number of aromatic nitrogens is 1. The molecule has 0 aliphatic carbocycles. The van der Waals surface area contributed by atoms with Gasteiger partial charge in [-0.1, -0.05) is 6.07 Å². The summed E-state index contributed by atoms with van der Waals surface area (Å²) in [6, 6.07) is 6.02. The van der Waals surface area contributed by atoms with Crippen LogP contribution in [-0.4, -0.2) is 9.91 Å². The molecule has 0 radical (unpaired) electrons. The highest BCUT2D eigenvalue weighted by Crippen LogP contribution is 2.21. The Kier molecular flexibility index (Phi) is 3.74. The third-order valence-electron chi connectivity index (χ3n) is 2.61. The fourth-order valence-corrected chi connectivity index (χ4v) is 1.60. The molecule has 6 nitrogen and oxygen atoms in total. The van der Waals surface area contributed by atoms with Crippen LogP contribution in [-0.2, 0) is 6.54 Å². The van der Waals surface area contributed by atoms with E-state index >= 15 is 0 Å². The summed E-state index contributed by atoms with van der Waals surface area (Å²) >= 11 is 0. The zero-order valence-electron chi connectivity index (χ0n) is 10.1. The van der Waals surface area contributed by atoms with Crippen molar-refractivity contribution >= 4 is 17.3 Å². The Morgan fingerprint density at radius 3 is 2.45 bits per heavy atom. The van der Waals surface area contributed by atoms with Gasteiger partial charge in [0.15, 0.2) is 0 Å². The van der Waals surface area contributed by atoms with Crippen LogP contribution in [0.4, 0.5) is 26.1 Å². The van der Waals surface area contributed by atoms with Crippen molar-refractivity contribution in [2.45, 2.75) is 6.54 Å². The third kappa shape index (κ3) is 2.79. The number of nitrogens with zero attached hydrogens (tertiary/aromatic N) is 2. The van der Waals surface area contributed by atoms with Crippen molar-refractivity contribution in [1.82, 2.24) is 4.98 Å². The van der Waals surface area contributed by atoms with Crippen molar-refractivity contribution in [2.24, 2.45) is 0 Å². The largest absolute Gasteiger partial charge is 0.378 e. The number of halogens is 2. The number of nitrogens with one attached hydrogen (secondary N) is 1. The Morgan fingerprint density at radius 1 is 1.25 bits per heavy atom. The number of anilines is 2. The standard InChI is InChI=1S/C12H10F2N4O2/c13-8-2-1-3-9(14)7(8)6-16-11-5-4-10(18(19)20)12(15)17-11/h1-5H,6H2,(H3,15,16,17). The first-order valence-electron chi connectivity index (χ1n) is 5.56. The summed E-state index contributed by atoms with van der Waals surface area (Å²) < 4.78 is 26.8. The molecule has 0 unspecified atom stereocenters. The van der Waals surface area contributed by atoms with Gasteiger partial charge in [-0.3, -0.25) is 10.1 Å². The minimum absolute atomic E-state index is 0.147. The second kappa shape index (κ2) is 5.47. The molecule has 0 saturated heterocycles. The van der Waals surface area contributed by atoms with E-state index in [0.29, 0.717) is 0 Å². The molecule has 0 aliphatic heterocycles. The van der Waals surface area contributed by atoms with Crippen molar-refractivity contribution in [2.75, 3.05) is 11.1 Å². The highest BCUT2D eigenvalue weighted by molar-refractivity contribution is 5.57. The Hall–Kier alpha value is -2.77. The molecule has 0 bridgehead atoms. The first-order chi connectivity index (χ1) is 9.49. The van der Waals surface area contributed by atoms with E-state index in [9.17, 15) is 18.9 Å². The summed E-state index contributed by atoms with van der Waals surface area (Å²) in [5, 5.41) is 13.2. The van der Waals surface area contributed by atoms with Gasteiger partial charge in [0.1, 0.15) is 17.5 Å². The molecular weight excluding hydrogens is 270 g/mol. The molecule has 0 atom stereocenters. The summed E-state index contributed by atoms with van der Waals surface area (Å²) in [6.07, 6.45) is 0. The van der Waals surface area contributed by atoms with Crippen LogP contribution in [0.15, 0.2) is 30.3 Å². The van der Waals surface area contributed by atoms with E-state index in [1.165, 1.54) is 18.2 Å². The lowest BCUT2D eigenvalue weighted by atomic mass is 10.2. The normalized spacial score (nSPS) is 10.3. The summed E-state index contributed by atoms with van der Waals surface area (Å²) in [6.45, 7) is -0.150. The van der Waals surface area contributed by atoms with Crippen LogP contribution < -0.4 is 11.1 Å². The Balaban J connectivity index is 2.16. The molecule has 0 aliphatic rings. The van der Waals surface area contributed by atoms with E-state index in [1.54, 1.807) is 0 Å². The van der Waals surface area contributed by atoms with Gasteiger partial charge >= 0.3 is 5.69 Å². The van der Waals surface area contributed by atoms with Crippen LogP contribution in [0.3, 0.4) is 0 Å². The van der Waals surface area contributed by atoms with E-state index in [1.807, 2.05) is 0 Å². The molecule has 2 aromatic rings. The maximum Gasteiger partial charge on any atom is 0.311 e. The highest BCUT2D eigenvalue weighted by Gasteiger charge is 2.13. The molecule has 0 spiro atoms. The third-order valence-corrected chi connectivity index (χ3v) is 2.61. The maximum absolute atomic E-state index is 13.4. The predicted molar refractivity (Wildman–Crippen MR) is 69.0 cm³/mol. The van der Waals surface area contributed by atoms with Crippen molar-refractivity contribution in [3.63, 3.8) is 0 Å². The smallest absolute Gasteiger partial charge is 0.311 e. The van der Waals surface area contributed by atoms with E-state index in [0.717, 1.165) is 12.1 Å². The first-order valence-corrected chi connectivity index (χ1v) is 5.56. The van der Waals surface area contributed by atoms with Crippen molar-refractivity contribution in [1.29, 1.82) is 0 Å². The molecule has 0 amide bonds. The number of hydrogen-bond donors (Lipinski definition) is 2. The van der Waals surface area contributed by atoms with Gasteiger partial charge in [-0.25, -0.2) is 13.8 Å². The lowest BCUT2D eigenvalue weighted by molar-refractivity contribution is -0.384. The number of benzene rings is 1. The lowest BCUT2D eigenvalue weighted by Crippen LogP contribution is -2.07. The van der Waals surface area contributed by atoms with Gasteiger partial charge < -0.3 is 11.1 Å². The van der Waals surface area contributed by atoms with Gasteiger partial charge in [0.25, 0.3) is 0 Å². The first kappa shape index (κ1) is 13.7. The number of nitro groups is 1. The Labute approximate surface area is 112 Å². The second-order valence-electron chi connectivity index (χ2n) is 3.91. The van der Waals surface area contributed by atoms with E-state index in [4.69, 9.17) is 5.73 Å². The highest BCUT2D eigenvalue weighted by atomic mass is 19.1. The van der Waals surface area contributed by atoms with Gasteiger partial charge in [-0.15, -0.1) is 0 Å². The molecule has 1 heterocycles. The van der Waals surface area contributed by atoms with Gasteiger partial charge in [0, 0.05) is 18.2 Å². The van der Waals surface area contributed by atoms with E-state index in [-0.39, 0.29) is 29.4 Å². The molecule has 8 heteroatoms. The number of nitrogens with two attached hydrogens (primary N) is 1. The minimum atomic E-state index is -0.688. The minimum Gasteiger partial charge on any atom is -0.378 e. The predicted octanol–water partition coefficient (Wildman–Crippen LogP) is 2.46. The molecule has 1 aromatic heterocycles. The molecule has 3 N–H and O–H groups in total. The lowest BCUT2D eigenvalue weighted by Gasteiger charge is -2.08. The SMILES string of the molecule is Nc1nc(NCc2c(F)cccc2F)ccc1[N+](=O)[O-]. The van der Waals surface area contributed by atoms with Gasteiger partial charge in [0.2, 0.25) is 5.82 Å². The number of nitrogen functional groups attached to an aromatic ring is 1. The van der Waals surface area contributed by atoms with E-state index in [2.05, 4.69) is 10.3 Å². The molecule has 0 fully saturated rings. The molecule has 1 aromatic carbocycles. The fourth-order valence-electron chi connectivity index (χ4n) is 1.60. The summed E-state index contributed by atoms with van der Waals surface area (Å²) in [4.78, 5) is 13.7. The van der Waals surface area contributed by atoms with Crippen LogP contribution in [0.1, 0.15) is 5.56 Å². The summed E-state index contributed by atoms with van der Waals surface area (Å²) in [7, 11) is 0. The zero-order valence-corrected chi connectivity index (χ0v) is 10.1. The fraction of sp³-hybridized carbons (Fsp3) is 0.0833. The zero-order chi connectivity index (χ0) is 14.7. The van der Waals surface area contributed by atoms with Crippen molar-refractivity contribution in [3.8, 4) is 0 Å². The van der Waals surface area contributed by atoms with Crippen molar-refractivity contribution in [3.05, 3.63) is 57.6 Å². The van der Waals surface area contributed by atoms with Gasteiger partial charge in [0.05, 0.1) is 4.92 Å². The van der Waals surface area contributed by atoms with Crippen LogP contribution in [0.25, 0.3) is 0 Å². The topological polar surface area (TPSA) is 94.1 Å². The average Bonchev–Trinajstić information content (AvgIpc) is 2.37.